The van der Waals surface area contributed by atoms with Crippen molar-refractivity contribution in [2.24, 2.45) is 0 Å². The van der Waals surface area contributed by atoms with Crippen LogP contribution in [0.4, 0.5) is 5.69 Å². The summed E-state index contributed by atoms with van der Waals surface area (Å²) in [6.45, 7) is 6.40. The summed E-state index contributed by atoms with van der Waals surface area (Å²) in [6.07, 6.45) is 0.694. The van der Waals surface area contributed by atoms with Gasteiger partial charge in [0.05, 0.1) is 10.6 Å². The van der Waals surface area contributed by atoms with Crippen molar-refractivity contribution in [1.29, 1.82) is 0 Å². The summed E-state index contributed by atoms with van der Waals surface area (Å²) in [6, 6.07) is 16.5. The van der Waals surface area contributed by atoms with Crippen molar-refractivity contribution in [2.75, 3.05) is 10.8 Å². The summed E-state index contributed by atoms with van der Waals surface area (Å²) in [4.78, 5) is 28.5. The number of anilines is 1. The van der Waals surface area contributed by atoms with Crippen molar-refractivity contribution >= 4 is 62.3 Å². The van der Waals surface area contributed by atoms with E-state index in [4.69, 9.17) is 34.8 Å². The third-order valence-corrected chi connectivity index (χ3v) is 9.33. The predicted molar refractivity (Wildman–Crippen MR) is 162 cm³/mol. The first-order chi connectivity index (χ1) is 18.9. The molecule has 2 amide bonds. The molecule has 3 rings (SSSR count). The Morgan fingerprint density at radius 2 is 1.55 bits per heavy atom. The lowest BCUT2D eigenvalue weighted by atomic mass is 10.1. The smallest absolute Gasteiger partial charge is 0.264 e. The number of sulfonamides is 1. The number of rotatable bonds is 11. The fourth-order valence-corrected chi connectivity index (χ4v) is 6.16. The van der Waals surface area contributed by atoms with Crippen LogP contribution >= 0.6 is 34.8 Å². The molecule has 0 bridgehead atoms. The van der Waals surface area contributed by atoms with E-state index in [9.17, 15) is 18.0 Å². The van der Waals surface area contributed by atoms with E-state index >= 15 is 0 Å². The first-order valence-corrected chi connectivity index (χ1v) is 15.3. The van der Waals surface area contributed by atoms with Crippen LogP contribution in [0.2, 0.25) is 15.1 Å². The molecule has 0 aliphatic rings. The molecule has 3 aromatic carbocycles. The van der Waals surface area contributed by atoms with E-state index in [1.807, 2.05) is 13.8 Å². The second kappa shape index (κ2) is 13.7. The van der Waals surface area contributed by atoms with Crippen LogP contribution in [0.3, 0.4) is 0 Å². The summed E-state index contributed by atoms with van der Waals surface area (Å²) in [5.74, 6) is -1.01. The molecule has 1 N–H and O–H groups in total. The molecule has 0 heterocycles. The van der Waals surface area contributed by atoms with Gasteiger partial charge >= 0.3 is 0 Å². The van der Waals surface area contributed by atoms with Gasteiger partial charge in [-0.1, -0.05) is 72.1 Å². The highest BCUT2D eigenvalue weighted by atomic mass is 35.5. The average Bonchev–Trinajstić information content (AvgIpc) is 2.92. The first kappa shape index (κ1) is 31.7. The number of benzene rings is 3. The van der Waals surface area contributed by atoms with Gasteiger partial charge in [-0.2, -0.15) is 0 Å². The van der Waals surface area contributed by atoms with Crippen molar-refractivity contribution in [3.8, 4) is 0 Å². The van der Waals surface area contributed by atoms with Gasteiger partial charge in [-0.3, -0.25) is 13.9 Å². The molecule has 0 spiro atoms. The second-order valence-electron chi connectivity index (χ2n) is 9.47. The van der Waals surface area contributed by atoms with E-state index in [2.05, 4.69) is 5.32 Å². The number of carbonyl (C=O) groups excluding carboxylic acids is 2. The molecular weight excluding hydrogens is 593 g/mol. The van der Waals surface area contributed by atoms with Crippen LogP contribution in [0.25, 0.3) is 0 Å². The van der Waals surface area contributed by atoms with Crippen molar-refractivity contribution in [3.05, 3.63) is 92.9 Å². The lowest BCUT2D eigenvalue weighted by Gasteiger charge is -2.33. The van der Waals surface area contributed by atoms with Crippen LogP contribution in [-0.4, -0.2) is 43.8 Å². The lowest BCUT2D eigenvalue weighted by Crippen LogP contribution is -2.52. The third-order valence-electron chi connectivity index (χ3n) is 6.61. The molecule has 7 nitrogen and oxygen atoms in total. The van der Waals surface area contributed by atoms with Gasteiger partial charge in [-0.25, -0.2) is 8.42 Å². The maximum Gasteiger partial charge on any atom is 0.264 e. The zero-order valence-electron chi connectivity index (χ0n) is 22.7. The number of aryl methyl sites for hydroxylation is 1. The molecule has 0 saturated carbocycles. The summed E-state index contributed by atoms with van der Waals surface area (Å²) >= 11 is 19.1. The minimum Gasteiger partial charge on any atom is -0.352 e. The first-order valence-electron chi connectivity index (χ1n) is 12.7. The van der Waals surface area contributed by atoms with E-state index in [0.717, 1.165) is 4.31 Å². The monoisotopic (exact) mass is 623 g/mol. The summed E-state index contributed by atoms with van der Waals surface area (Å²) < 4.78 is 28.8. The maximum atomic E-state index is 14.1. The molecule has 11 heteroatoms. The third kappa shape index (κ3) is 7.49. The quantitative estimate of drug-likeness (QED) is 0.265. The van der Waals surface area contributed by atoms with Gasteiger partial charge in [0.25, 0.3) is 10.0 Å². The average molecular weight is 625 g/mol. The molecule has 0 saturated heterocycles. The van der Waals surface area contributed by atoms with Crippen molar-refractivity contribution < 1.29 is 18.0 Å². The minimum absolute atomic E-state index is 0.00503. The van der Waals surface area contributed by atoms with Gasteiger partial charge in [0.2, 0.25) is 11.8 Å². The molecule has 0 fully saturated rings. The van der Waals surface area contributed by atoms with E-state index in [-0.39, 0.29) is 29.1 Å². The maximum absolute atomic E-state index is 14.1. The van der Waals surface area contributed by atoms with E-state index in [1.54, 1.807) is 62.4 Å². The topological polar surface area (TPSA) is 86.8 Å². The number of halogens is 3. The van der Waals surface area contributed by atoms with Crippen LogP contribution in [0.1, 0.15) is 38.3 Å². The van der Waals surface area contributed by atoms with Crippen LogP contribution in [0, 0.1) is 6.92 Å². The van der Waals surface area contributed by atoms with Crippen LogP contribution in [0.15, 0.2) is 71.6 Å². The molecule has 0 radical (unpaired) electrons. The van der Waals surface area contributed by atoms with Gasteiger partial charge < -0.3 is 10.2 Å². The fourth-order valence-electron chi connectivity index (χ4n) is 3.99. The lowest BCUT2D eigenvalue weighted by molar-refractivity contribution is -0.139. The normalized spacial score (nSPS) is 12.9. The molecule has 0 aromatic heterocycles. The Kier molecular flexibility index (Phi) is 10.9. The molecule has 214 valence electrons. The highest BCUT2D eigenvalue weighted by molar-refractivity contribution is 7.92. The van der Waals surface area contributed by atoms with Gasteiger partial charge in [0, 0.05) is 33.2 Å². The summed E-state index contributed by atoms with van der Waals surface area (Å²) in [7, 11) is -4.21. The molecule has 3 aromatic rings. The SMILES string of the molecule is CC[C@@H](C)NC(=O)[C@H](C)N(Cc1c(Cl)cccc1Cl)C(=O)CN(c1cc(Cl)ccc1C)S(=O)(=O)c1ccccc1. The standard InChI is InChI=1S/C29H32Cl3N3O4S/c1-5-20(3)33-29(37)21(4)34(17-24-25(31)12-9-13-26(24)32)28(36)18-35(27-16-22(30)15-14-19(27)2)40(38,39)23-10-7-6-8-11-23/h6-16,20-21H,5,17-18H2,1-4H3,(H,33,37)/t20-,21+/m1/s1. The molecule has 0 aliphatic heterocycles. The molecule has 2 atom stereocenters. The number of nitrogens with one attached hydrogen (secondary N) is 1. The Morgan fingerprint density at radius 1 is 0.925 bits per heavy atom. The van der Waals surface area contributed by atoms with E-state index in [0.29, 0.717) is 32.6 Å². The van der Waals surface area contributed by atoms with Crippen LogP contribution < -0.4 is 9.62 Å². The molecule has 0 aliphatic carbocycles. The van der Waals surface area contributed by atoms with Gasteiger partial charge in [-0.15, -0.1) is 0 Å². The molecular formula is C29H32Cl3N3O4S. The van der Waals surface area contributed by atoms with Crippen molar-refractivity contribution in [3.63, 3.8) is 0 Å². The largest absolute Gasteiger partial charge is 0.352 e. The highest BCUT2D eigenvalue weighted by Gasteiger charge is 2.34. The number of amides is 2. The van der Waals surface area contributed by atoms with Gasteiger partial charge in [0.1, 0.15) is 12.6 Å². The molecule has 40 heavy (non-hydrogen) atoms. The highest BCUT2D eigenvalue weighted by Crippen LogP contribution is 2.31. The fraction of sp³-hybridized carbons (Fsp3) is 0.310. The second-order valence-corrected chi connectivity index (χ2v) is 12.6. The van der Waals surface area contributed by atoms with Crippen molar-refractivity contribution in [1.82, 2.24) is 10.2 Å². The predicted octanol–water partition coefficient (Wildman–Crippen LogP) is 6.48. The number of hydrogen-bond donors (Lipinski definition) is 1. The Bertz CT molecular complexity index is 1450. The zero-order valence-corrected chi connectivity index (χ0v) is 25.8. The minimum atomic E-state index is -4.21. The van der Waals surface area contributed by atoms with Crippen molar-refractivity contribution in [2.45, 2.75) is 57.6 Å². The van der Waals surface area contributed by atoms with E-state index in [1.165, 1.54) is 23.1 Å². The number of carbonyl (C=O) groups is 2. The zero-order chi connectivity index (χ0) is 29.6. The molecule has 0 unspecified atom stereocenters. The number of hydrogen-bond acceptors (Lipinski definition) is 4. The summed E-state index contributed by atoms with van der Waals surface area (Å²) in [5, 5.41) is 3.83. The van der Waals surface area contributed by atoms with Crippen LogP contribution in [0.5, 0.6) is 0 Å². The summed E-state index contributed by atoms with van der Waals surface area (Å²) in [5.41, 5.74) is 1.29. The van der Waals surface area contributed by atoms with Gasteiger partial charge in [0.15, 0.2) is 0 Å². The Balaban J connectivity index is 2.10. The van der Waals surface area contributed by atoms with Gasteiger partial charge in [-0.05, 0) is 69.2 Å². The number of nitrogens with zero attached hydrogens (tertiary/aromatic N) is 2. The van der Waals surface area contributed by atoms with Crippen LogP contribution in [-0.2, 0) is 26.2 Å². The Morgan fingerprint density at radius 3 is 2.15 bits per heavy atom. The Hall–Kier alpha value is -2.78. The van der Waals surface area contributed by atoms with E-state index < -0.39 is 28.5 Å². The Labute approximate surface area is 251 Å².